The minimum atomic E-state index is -2.72. The molecule has 2 atom stereocenters. The summed E-state index contributed by atoms with van der Waals surface area (Å²) >= 11 is 0. The van der Waals surface area contributed by atoms with Gasteiger partial charge in [0.2, 0.25) is 17.6 Å². The lowest BCUT2D eigenvalue weighted by Gasteiger charge is -2.33. The third-order valence-corrected chi connectivity index (χ3v) is 8.45. The van der Waals surface area contributed by atoms with E-state index < -0.39 is 24.0 Å². The first-order chi connectivity index (χ1) is 19.1. The van der Waals surface area contributed by atoms with Gasteiger partial charge in [0.25, 0.3) is 5.91 Å². The number of nitrogens with zero attached hydrogens (tertiary/aromatic N) is 5. The van der Waals surface area contributed by atoms with E-state index in [2.05, 4.69) is 25.6 Å². The summed E-state index contributed by atoms with van der Waals surface area (Å²) in [6, 6.07) is 0.921. The molecule has 0 radical (unpaired) electrons. The maximum Gasteiger partial charge on any atom is 0.276 e. The minimum absolute atomic E-state index is 0.0299. The number of amides is 2. The fourth-order valence-corrected chi connectivity index (χ4v) is 5.88. The van der Waals surface area contributed by atoms with E-state index in [1.165, 1.54) is 0 Å². The SMILES string of the molecule is Cc1nonc1C(=O)N[C@H](c1cn2ccc([C@H](NC(=O)C[C@H]3C[C@H](F)C3)C3CC3)nc2n1)C1CCC(F)(F)CC1. The number of aryl methyl sites for hydroxylation is 1. The minimum Gasteiger partial charge on any atom is -0.347 e. The molecule has 3 saturated carbocycles. The molecule has 3 aliphatic rings. The molecule has 0 unspecified atom stereocenters. The second-order valence-corrected chi connectivity index (χ2v) is 11.6. The quantitative estimate of drug-likeness (QED) is 0.397. The highest BCUT2D eigenvalue weighted by Crippen LogP contribution is 2.43. The van der Waals surface area contributed by atoms with Crippen LogP contribution in [-0.2, 0) is 4.79 Å². The molecule has 0 aliphatic heterocycles. The summed E-state index contributed by atoms with van der Waals surface area (Å²) in [7, 11) is 0. The van der Waals surface area contributed by atoms with E-state index in [0.717, 1.165) is 12.8 Å². The molecule has 3 aromatic rings. The number of fused-ring (bicyclic) bond motifs is 1. The number of aromatic nitrogens is 5. The van der Waals surface area contributed by atoms with Gasteiger partial charge in [0, 0.05) is 31.7 Å². The molecule has 0 saturated heterocycles. The third kappa shape index (κ3) is 5.68. The zero-order valence-corrected chi connectivity index (χ0v) is 22.2. The highest BCUT2D eigenvalue weighted by molar-refractivity contribution is 5.93. The van der Waals surface area contributed by atoms with Crippen LogP contribution in [0, 0.1) is 24.7 Å². The molecule has 0 bridgehead atoms. The lowest BCUT2D eigenvalue weighted by atomic mass is 9.81. The number of carbonyl (C=O) groups is 2. The van der Waals surface area contributed by atoms with Crippen LogP contribution in [0.2, 0.25) is 0 Å². The van der Waals surface area contributed by atoms with E-state index in [-0.39, 0.29) is 61.1 Å². The lowest BCUT2D eigenvalue weighted by molar-refractivity contribution is -0.124. The Morgan fingerprint density at radius 1 is 1.05 bits per heavy atom. The van der Waals surface area contributed by atoms with Gasteiger partial charge in [0.1, 0.15) is 11.9 Å². The number of imidazole rings is 1. The van der Waals surface area contributed by atoms with Crippen LogP contribution in [0.15, 0.2) is 23.1 Å². The topological polar surface area (TPSA) is 127 Å². The van der Waals surface area contributed by atoms with Crippen molar-refractivity contribution >= 4 is 17.6 Å². The van der Waals surface area contributed by atoms with Crippen LogP contribution in [0.1, 0.15) is 97.4 Å². The number of hydrogen-bond acceptors (Lipinski definition) is 7. The molecule has 10 nitrogen and oxygen atoms in total. The van der Waals surface area contributed by atoms with Crippen LogP contribution >= 0.6 is 0 Å². The largest absolute Gasteiger partial charge is 0.347 e. The summed E-state index contributed by atoms with van der Waals surface area (Å²) in [4.78, 5) is 35.1. The zero-order chi connectivity index (χ0) is 28.0. The van der Waals surface area contributed by atoms with Crippen molar-refractivity contribution in [3.63, 3.8) is 0 Å². The monoisotopic (exact) mass is 559 g/mol. The molecule has 2 amide bonds. The van der Waals surface area contributed by atoms with E-state index in [0.29, 0.717) is 42.1 Å². The van der Waals surface area contributed by atoms with Crippen LogP contribution < -0.4 is 10.6 Å². The van der Waals surface area contributed by atoms with Gasteiger partial charge in [-0.1, -0.05) is 5.16 Å². The fourth-order valence-electron chi connectivity index (χ4n) is 5.88. The number of carbonyl (C=O) groups excluding carboxylic acids is 2. The average Bonchev–Trinajstić information content (AvgIpc) is 3.50. The lowest BCUT2D eigenvalue weighted by Crippen LogP contribution is -2.37. The molecule has 2 N–H and O–H groups in total. The first-order valence-corrected chi connectivity index (χ1v) is 13.9. The number of rotatable bonds is 9. The fraction of sp³-hybridized carbons (Fsp3) is 0.630. The Balaban J connectivity index is 1.24. The molecule has 6 rings (SSSR count). The summed E-state index contributed by atoms with van der Waals surface area (Å²) in [5.74, 6) is -2.86. The molecule has 3 aliphatic carbocycles. The van der Waals surface area contributed by atoms with Crippen molar-refractivity contribution in [3.8, 4) is 0 Å². The third-order valence-electron chi connectivity index (χ3n) is 8.45. The van der Waals surface area contributed by atoms with Gasteiger partial charge in [-0.05, 0) is 74.4 Å². The van der Waals surface area contributed by atoms with Crippen LogP contribution in [0.3, 0.4) is 0 Å². The summed E-state index contributed by atoms with van der Waals surface area (Å²) in [5.41, 5.74) is 1.53. The number of nitrogens with one attached hydrogen (secondary N) is 2. The van der Waals surface area contributed by atoms with E-state index in [1.807, 2.05) is 6.07 Å². The Morgan fingerprint density at radius 3 is 2.38 bits per heavy atom. The number of halogens is 3. The Kier molecular flexibility index (Phi) is 6.99. The van der Waals surface area contributed by atoms with Gasteiger partial charge < -0.3 is 10.6 Å². The molecular weight excluding hydrogens is 527 g/mol. The molecule has 214 valence electrons. The molecule has 13 heteroatoms. The van der Waals surface area contributed by atoms with Gasteiger partial charge in [-0.2, -0.15) is 0 Å². The van der Waals surface area contributed by atoms with Crippen molar-refractivity contribution in [1.82, 2.24) is 35.3 Å². The van der Waals surface area contributed by atoms with Gasteiger partial charge in [-0.25, -0.2) is 27.8 Å². The standard InChI is InChI=1S/C27H32F3N7O3/c1-14-22(36-40-35-14)25(39)34-24(17-4-7-27(29,30)8-5-17)20-13-37-9-6-19(31-26(37)32-20)23(16-2-3-16)33-21(38)12-15-10-18(28)11-15/h6,9,13,15-18,23-24H,2-5,7-8,10-12H2,1H3,(H,33,38)(H,34,39)/t15-,18-,23-,24+/m1/s1. The molecular formula is C27H32F3N7O3. The van der Waals surface area contributed by atoms with Crippen molar-refractivity contribution in [1.29, 1.82) is 0 Å². The molecule has 3 aromatic heterocycles. The predicted molar refractivity (Wildman–Crippen MR) is 135 cm³/mol. The van der Waals surface area contributed by atoms with Crippen molar-refractivity contribution in [2.45, 2.75) is 88.9 Å². The van der Waals surface area contributed by atoms with Crippen LogP contribution in [0.25, 0.3) is 5.78 Å². The zero-order valence-electron chi connectivity index (χ0n) is 22.2. The Labute approximate surface area is 228 Å². The number of alkyl halides is 3. The van der Waals surface area contributed by atoms with Crippen molar-refractivity contribution in [2.75, 3.05) is 0 Å². The molecule has 0 aromatic carbocycles. The van der Waals surface area contributed by atoms with Crippen LogP contribution in [0.5, 0.6) is 0 Å². The van der Waals surface area contributed by atoms with Gasteiger partial charge in [-0.15, -0.1) is 0 Å². The van der Waals surface area contributed by atoms with Crippen LogP contribution in [-0.4, -0.2) is 48.6 Å². The molecule has 0 spiro atoms. The maximum absolute atomic E-state index is 13.9. The van der Waals surface area contributed by atoms with Crippen molar-refractivity contribution in [3.05, 3.63) is 41.2 Å². The van der Waals surface area contributed by atoms with Crippen LogP contribution in [0.4, 0.5) is 13.2 Å². The smallest absolute Gasteiger partial charge is 0.276 e. The highest BCUT2D eigenvalue weighted by Gasteiger charge is 2.40. The second kappa shape index (κ2) is 10.5. The summed E-state index contributed by atoms with van der Waals surface area (Å²) in [5, 5.41) is 13.4. The van der Waals surface area contributed by atoms with Gasteiger partial charge in [0.05, 0.1) is 23.5 Å². The average molecular weight is 560 g/mol. The van der Waals surface area contributed by atoms with E-state index in [4.69, 9.17) is 9.97 Å². The Bertz CT molecular complexity index is 1390. The Hall–Kier alpha value is -3.51. The molecule has 3 fully saturated rings. The number of hydrogen-bond donors (Lipinski definition) is 2. The molecule has 3 heterocycles. The van der Waals surface area contributed by atoms with Gasteiger partial charge in [0.15, 0.2) is 5.69 Å². The van der Waals surface area contributed by atoms with E-state index in [1.54, 1.807) is 23.7 Å². The van der Waals surface area contributed by atoms with E-state index >= 15 is 0 Å². The van der Waals surface area contributed by atoms with Crippen molar-refractivity contribution < 1.29 is 27.4 Å². The molecule has 40 heavy (non-hydrogen) atoms. The first-order valence-electron chi connectivity index (χ1n) is 13.9. The van der Waals surface area contributed by atoms with E-state index in [9.17, 15) is 22.8 Å². The second-order valence-electron chi connectivity index (χ2n) is 11.6. The highest BCUT2D eigenvalue weighted by atomic mass is 19.3. The van der Waals surface area contributed by atoms with Gasteiger partial charge >= 0.3 is 0 Å². The maximum atomic E-state index is 13.9. The van der Waals surface area contributed by atoms with Crippen molar-refractivity contribution in [2.24, 2.45) is 17.8 Å². The Morgan fingerprint density at radius 2 is 1.73 bits per heavy atom. The van der Waals surface area contributed by atoms with Gasteiger partial charge in [-0.3, -0.25) is 14.0 Å². The summed E-state index contributed by atoms with van der Waals surface area (Å²) in [6.45, 7) is 1.59. The first kappa shape index (κ1) is 26.7. The summed E-state index contributed by atoms with van der Waals surface area (Å²) < 4.78 is 47.5. The summed E-state index contributed by atoms with van der Waals surface area (Å²) in [6.07, 6.45) is 5.79. The predicted octanol–water partition coefficient (Wildman–Crippen LogP) is 4.42. The normalized spacial score (nSPS) is 24.3.